The first-order valence-corrected chi connectivity index (χ1v) is 35.8. The molecule has 521 valence electrons. The van der Waals surface area contributed by atoms with Crippen molar-refractivity contribution in [1.29, 1.82) is 0 Å². The van der Waals surface area contributed by atoms with Crippen molar-refractivity contribution < 1.29 is 93.0 Å². The van der Waals surface area contributed by atoms with Gasteiger partial charge in [0.25, 0.3) is 0 Å². The minimum Gasteiger partial charge on any atom is -0.550 e. The molecule has 1 radical (unpaired) electrons. The van der Waals surface area contributed by atoms with Crippen LogP contribution < -0.4 is 30.6 Å². The summed E-state index contributed by atoms with van der Waals surface area (Å²) in [6.07, 6.45) is 67.0. The van der Waals surface area contributed by atoms with Gasteiger partial charge in [-0.1, -0.05) is 350 Å². The minimum absolute atomic E-state index is 0. The van der Waals surface area contributed by atoms with Crippen molar-refractivity contribution in [2.45, 2.75) is 427 Å². The van der Waals surface area contributed by atoms with Gasteiger partial charge in [-0.05, 0) is 77.0 Å². The molecule has 0 aromatic rings. The summed E-state index contributed by atoms with van der Waals surface area (Å²) in [4.78, 5) is 60.6. The van der Waals surface area contributed by atoms with E-state index in [-0.39, 0.29) is 121 Å². The second-order valence-electron chi connectivity index (χ2n) is 23.7. The van der Waals surface area contributed by atoms with E-state index in [1.54, 1.807) is 0 Å². The van der Waals surface area contributed by atoms with Crippen LogP contribution in [0.4, 0.5) is 0 Å². The third kappa shape index (κ3) is 139. The number of hydrogen-bond acceptors (Lipinski definition) is 12. The molecule has 0 aliphatic heterocycles. The maximum Gasteiger partial charge on any atom is 2.00 e. The molecule has 0 N–H and O–H groups in total. The van der Waals surface area contributed by atoms with Crippen molar-refractivity contribution in [3.8, 4) is 0 Å². The van der Waals surface area contributed by atoms with Crippen LogP contribution in [-0.4, -0.2) is 84.7 Å². The number of carbonyl (C=O) groups excluding carboxylic acids is 6. The van der Waals surface area contributed by atoms with E-state index in [1.165, 1.54) is 270 Å². The van der Waals surface area contributed by atoms with Gasteiger partial charge in [0, 0.05) is 35.8 Å². The van der Waals surface area contributed by atoms with Crippen LogP contribution >= 0.6 is 0 Å². The molecule has 0 aliphatic carbocycles. The van der Waals surface area contributed by atoms with Crippen LogP contribution in [0.15, 0.2) is 0 Å². The third-order valence-corrected chi connectivity index (χ3v) is 14.9. The summed E-state index contributed by atoms with van der Waals surface area (Å²) in [6.45, 7) is 13.3. The van der Waals surface area contributed by atoms with Crippen LogP contribution in [-0.2, 0) is 62.3 Å². The number of hydrogen-bond donors (Lipinski definition) is 0. The summed E-state index contributed by atoms with van der Waals surface area (Å²) in [5, 5.41) is 60.6. The first-order chi connectivity index (χ1) is 40.6. The van der Waals surface area contributed by atoms with Crippen LogP contribution in [0.1, 0.15) is 427 Å². The Labute approximate surface area is 599 Å². The number of rotatable bonds is 60. The molecule has 0 aromatic carbocycles. The molecule has 0 aliphatic rings. The van der Waals surface area contributed by atoms with Gasteiger partial charge in [0.15, 0.2) is 0 Å². The Morgan fingerprint density at radius 2 is 0.241 bits per heavy atom. The molecule has 0 atom stereocenters. The van der Waals surface area contributed by atoms with Crippen LogP contribution in [0, 0.1) is 0 Å². The van der Waals surface area contributed by atoms with Crippen molar-refractivity contribution >= 4 is 84.7 Å². The number of carboxylic acids is 6. The van der Waals surface area contributed by atoms with Crippen LogP contribution in [0.3, 0.4) is 0 Å². The molecule has 0 spiro atoms. The van der Waals surface area contributed by atoms with E-state index in [9.17, 15) is 59.4 Å². The van der Waals surface area contributed by atoms with Gasteiger partial charge >= 0.3 is 82.4 Å². The summed E-state index contributed by atoms with van der Waals surface area (Å²) in [7, 11) is 0. The Bertz CT molecular complexity index is 1070. The molecule has 0 saturated heterocycles. The van der Waals surface area contributed by atoms with E-state index in [0.717, 1.165) is 77.0 Å². The normalized spacial score (nSPS) is 10.0. The number of carbonyl (C=O) groups is 6. The number of aliphatic carboxylic acids is 6. The van der Waals surface area contributed by atoms with Crippen molar-refractivity contribution in [2.75, 3.05) is 0 Å². The molecule has 0 unspecified atom stereocenters. The molecule has 0 rings (SSSR count). The van der Waals surface area contributed by atoms with Gasteiger partial charge in [-0.15, -0.1) is 0 Å². The summed E-state index contributed by atoms with van der Waals surface area (Å²) in [5.41, 5.74) is 0. The monoisotopic (exact) mass is 1450 g/mol. The van der Waals surface area contributed by atoms with Gasteiger partial charge in [-0.25, -0.2) is 0 Å². The quantitative estimate of drug-likeness (QED) is 0.0408. The summed E-state index contributed by atoms with van der Waals surface area (Å²) >= 11 is 0. The molecule has 0 bridgehead atoms. The average molecular weight is 1460 g/mol. The van der Waals surface area contributed by atoms with Gasteiger partial charge < -0.3 is 59.4 Å². The van der Waals surface area contributed by atoms with Crippen LogP contribution in [0.2, 0.25) is 0 Å². The molecule has 0 aromatic heterocycles. The van der Waals surface area contributed by atoms with Crippen molar-refractivity contribution in [1.82, 2.24) is 0 Å². The Balaban J connectivity index is -0.000000119. The fourth-order valence-corrected chi connectivity index (χ4v) is 9.48. The fraction of sp³-hybridized carbons (Fsp3) is 0.917. The summed E-state index contributed by atoms with van der Waals surface area (Å²) in [5.74, 6) is -5.46. The average Bonchev–Trinajstić information content (AvgIpc) is 3.45. The first-order valence-electron chi connectivity index (χ1n) is 35.8. The van der Waals surface area contributed by atoms with E-state index >= 15 is 0 Å². The largest absolute Gasteiger partial charge is 2.00 e. The second-order valence-corrected chi connectivity index (χ2v) is 23.7. The van der Waals surface area contributed by atoms with E-state index in [1.807, 2.05) is 0 Å². The van der Waals surface area contributed by atoms with Crippen molar-refractivity contribution in [2.24, 2.45) is 0 Å². The molecule has 87 heavy (non-hydrogen) atoms. The molecular weight excluding hydrogens is 1320 g/mol. The maximum atomic E-state index is 10.1. The van der Waals surface area contributed by atoms with Crippen molar-refractivity contribution in [3.05, 3.63) is 0 Å². The number of unbranched alkanes of at least 4 members (excludes halogenated alkanes) is 48. The zero-order chi connectivity index (χ0) is 63.9. The van der Waals surface area contributed by atoms with E-state index < -0.39 is 35.8 Å². The number of carboxylic acid groups (broad SMARTS) is 6. The molecule has 0 saturated carbocycles. The fourth-order valence-electron chi connectivity index (χ4n) is 9.48. The molecule has 12 nitrogen and oxygen atoms in total. The van der Waals surface area contributed by atoms with E-state index in [0.29, 0.717) is 0 Å². The van der Waals surface area contributed by atoms with E-state index in [4.69, 9.17) is 0 Å². The Morgan fingerprint density at radius 3 is 0.310 bits per heavy atom. The maximum absolute atomic E-state index is 10.1. The molecule has 15 heteroatoms. The molecule has 0 amide bonds. The predicted molar refractivity (Wildman–Crippen MR) is 347 cm³/mol. The smallest absolute Gasteiger partial charge is 0.550 e. The Morgan fingerprint density at radius 1 is 0.172 bits per heavy atom. The molecular formula is C72H138BaCuNiO12. The summed E-state index contributed by atoms with van der Waals surface area (Å²) in [6, 6.07) is 0. The van der Waals surface area contributed by atoms with Crippen LogP contribution in [0.25, 0.3) is 0 Å². The van der Waals surface area contributed by atoms with Gasteiger partial charge in [0.05, 0.1) is 0 Å². The van der Waals surface area contributed by atoms with Gasteiger partial charge in [-0.3, -0.25) is 0 Å². The van der Waals surface area contributed by atoms with Crippen LogP contribution in [0.5, 0.6) is 0 Å². The summed E-state index contributed by atoms with van der Waals surface area (Å²) < 4.78 is 0. The minimum atomic E-state index is -0.909. The third-order valence-electron chi connectivity index (χ3n) is 14.9. The predicted octanol–water partition coefficient (Wildman–Crippen LogP) is 15.6. The Hall–Kier alpha value is -0.596. The zero-order valence-electron chi connectivity index (χ0n) is 57.7. The second kappa shape index (κ2) is 102. The standard InChI is InChI=1S/6C12H24O2.Ba.Cu.Ni/c6*1-2-3-4-5-6-7-8-9-10-11-12(13)14;;;/h6*2-11H2,1H3,(H,13,14);;;/q;;;;;;3*+2/p-6. The zero-order valence-corrected chi connectivity index (χ0v) is 64.0. The van der Waals surface area contributed by atoms with Crippen molar-refractivity contribution in [3.63, 3.8) is 0 Å². The van der Waals surface area contributed by atoms with Gasteiger partial charge in [-0.2, -0.15) is 0 Å². The SMILES string of the molecule is CCCCCCCCCCCC(=O)[O-].CCCCCCCCCCCC(=O)[O-].CCCCCCCCCCCC(=O)[O-].CCCCCCCCCCCC(=O)[O-].CCCCCCCCCCCC(=O)[O-].CCCCCCCCCCCC(=O)[O-].[Ba+2].[Cu+2].[Ni+2]. The van der Waals surface area contributed by atoms with Gasteiger partial charge in [0.1, 0.15) is 0 Å². The molecule has 0 heterocycles. The van der Waals surface area contributed by atoms with Gasteiger partial charge in [0.2, 0.25) is 0 Å². The first kappa shape index (κ1) is 105. The van der Waals surface area contributed by atoms with E-state index in [2.05, 4.69) is 41.5 Å². The molecule has 0 fully saturated rings. The topological polar surface area (TPSA) is 241 Å². The Kier molecular flexibility index (Phi) is 123.